The summed E-state index contributed by atoms with van der Waals surface area (Å²) in [6.07, 6.45) is 2.72. The Kier molecular flexibility index (Phi) is 1.83. The van der Waals surface area contributed by atoms with Crippen LogP contribution in [0.4, 0.5) is 0 Å². The van der Waals surface area contributed by atoms with Crippen LogP contribution in [0.15, 0.2) is 47.3 Å². The van der Waals surface area contributed by atoms with E-state index in [9.17, 15) is 5.21 Å². The molecule has 1 aromatic carbocycles. The van der Waals surface area contributed by atoms with Crippen LogP contribution in [0.5, 0.6) is 0 Å². The zero-order valence-corrected chi connectivity index (χ0v) is 8.20. The van der Waals surface area contributed by atoms with Crippen molar-refractivity contribution < 1.29 is 9.15 Å². The van der Waals surface area contributed by atoms with Gasteiger partial charge in [-0.1, -0.05) is 6.07 Å². The van der Waals surface area contributed by atoms with Crippen molar-refractivity contribution in [3.63, 3.8) is 0 Å². The summed E-state index contributed by atoms with van der Waals surface area (Å²) >= 11 is 0. The predicted molar refractivity (Wildman–Crippen MR) is 56.2 cm³/mol. The lowest BCUT2D eigenvalue weighted by Gasteiger charge is -2.03. The molecule has 0 fully saturated rings. The van der Waals surface area contributed by atoms with Gasteiger partial charge in [-0.15, -0.1) is 10.2 Å². The van der Waals surface area contributed by atoms with Gasteiger partial charge in [0.2, 0.25) is 17.8 Å². The van der Waals surface area contributed by atoms with Gasteiger partial charge < -0.3 is 9.62 Å². The van der Waals surface area contributed by atoms with Crippen molar-refractivity contribution in [3.8, 4) is 11.5 Å². The second-order valence-corrected chi connectivity index (χ2v) is 3.32. The molecule has 0 amide bonds. The van der Waals surface area contributed by atoms with Crippen LogP contribution in [0.2, 0.25) is 0 Å². The number of hydrogen-bond donors (Lipinski definition) is 0. The molecule has 0 aliphatic heterocycles. The summed E-state index contributed by atoms with van der Waals surface area (Å²) in [7, 11) is 0. The third kappa shape index (κ3) is 1.22. The minimum absolute atomic E-state index is 0.414. The van der Waals surface area contributed by atoms with E-state index in [1.165, 1.54) is 12.6 Å². The van der Waals surface area contributed by atoms with Crippen LogP contribution in [0.3, 0.4) is 0 Å². The van der Waals surface area contributed by atoms with Crippen molar-refractivity contribution in [2.24, 2.45) is 0 Å². The van der Waals surface area contributed by atoms with Crippen LogP contribution < -0.4 is 4.73 Å². The molecule has 16 heavy (non-hydrogen) atoms. The fourth-order valence-corrected chi connectivity index (χ4v) is 1.69. The summed E-state index contributed by atoms with van der Waals surface area (Å²) in [4.78, 5) is 0. The van der Waals surface area contributed by atoms with Gasteiger partial charge in [-0.05, 0) is 12.1 Å². The largest absolute Gasteiger partial charge is 0.618 e. The van der Waals surface area contributed by atoms with Gasteiger partial charge in [0.25, 0.3) is 0 Å². The van der Waals surface area contributed by atoms with Crippen LogP contribution in [-0.2, 0) is 0 Å². The molecule has 0 aliphatic rings. The average Bonchev–Trinajstić information content (AvgIpc) is 2.82. The van der Waals surface area contributed by atoms with Gasteiger partial charge in [0.1, 0.15) is 0 Å². The fraction of sp³-hybridized carbons (Fsp3) is 0. The second-order valence-electron chi connectivity index (χ2n) is 3.32. The number of pyridine rings is 1. The molecule has 3 rings (SSSR count). The van der Waals surface area contributed by atoms with E-state index in [0.29, 0.717) is 11.4 Å². The maximum Gasteiger partial charge on any atom is 0.248 e. The predicted octanol–water partition coefficient (Wildman–Crippen LogP) is 1.52. The van der Waals surface area contributed by atoms with Crippen LogP contribution in [0.25, 0.3) is 22.4 Å². The van der Waals surface area contributed by atoms with Crippen molar-refractivity contribution in [1.82, 2.24) is 10.2 Å². The van der Waals surface area contributed by atoms with Gasteiger partial charge in [0, 0.05) is 12.1 Å². The minimum Gasteiger partial charge on any atom is -0.618 e. The molecule has 0 atom stereocenters. The highest BCUT2D eigenvalue weighted by Gasteiger charge is 2.11. The van der Waals surface area contributed by atoms with Gasteiger partial charge in [0.15, 0.2) is 6.20 Å². The molecule has 0 radical (unpaired) electrons. The Balaban J connectivity index is 2.38. The lowest BCUT2D eigenvalue weighted by atomic mass is 10.1. The first-order valence-electron chi connectivity index (χ1n) is 4.74. The van der Waals surface area contributed by atoms with E-state index in [4.69, 9.17) is 4.42 Å². The number of fused-ring (bicyclic) bond motifs is 1. The molecule has 5 nitrogen and oxygen atoms in total. The summed E-state index contributed by atoms with van der Waals surface area (Å²) in [6.45, 7) is 0. The third-order valence-electron chi connectivity index (χ3n) is 2.40. The van der Waals surface area contributed by atoms with Crippen molar-refractivity contribution >= 4 is 10.9 Å². The van der Waals surface area contributed by atoms with E-state index in [0.717, 1.165) is 15.7 Å². The van der Waals surface area contributed by atoms with Crippen molar-refractivity contribution in [1.29, 1.82) is 0 Å². The summed E-state index contributed by atoms with van der Waals surface area (Å²) in [5, 5.41) is 19.8. The number of rotatable bonds is 1. The monoisotopic (exact) mass is 213 g/mol. The van der Waals surface area contributed by atoms with E-state index in [-0.39, 0.29) is 0 Å². The third-order valence-corrected chi connectivity index (χ3v) is 2.40. The molecule has 3 aromatic rings. The van der Waals surface area contributed by atoms with Gasteiger partial charge >= 0.3 is 0 Å². The topological polar surface area (TPSA) is 65.9 Å². The standard InChI is InChI=1S/C11H7N3O2/c15-14-6-2-4-8-9(3-1-5-10(8)14)11-13-12-7-16-11/h1-7H. The molecule has 0 aliphatic carbocycles. The molecule has 5 heteroatoms. The number of hydrogen-bond acceptors (Lipinski definition) is 4. The normalized spacial score (nSPS) is 10.8. The Bertz CT molecular complexity index is 635. The highest BCUT2D eigenvalue weighted by atomic mass is 16.5. The van der Waals surface area contributed by atoms with Crippen molar-refractivity contribution in [2.45, 2.75) is 0 Å². The van der Waals surface area contributed by atoms with E-state index in [1.807, 2.05) is 12.1 Å². The minimum atomic E-state index is 0.414. The zero-order valence-electron chi connectivity index (χ0n) is 8.20. The van der Waals surface area contributed by atoms with Gasteiger partial charge in [-0.2, -0.15) is 4.73 Å². The van der Waals surface area contributed by atoms with Gasteiger partial charge in [-0.3, -0.25) is 0 Å². The highest BCUT2D eigenvalue weighted by Crippen LogP contribution is 2.24. The fourth-order valence-electron chi connectivity index (χ4n) is 1.69. The molecule has 78 valence electrons. The summed E-state index contributed by atoms with van der Waals surface area (Å²) in [5.41, 5.74) is 1.35. The number of aromatic nitrogens is 3. The average molecular weight is 213 g/mol. The van der Waals surface area contributed by atoms with E-state index >= 15 is 0 Å². The Labute approximate surface area is 90.6 Å². The molecule has 0 unspecified atom stereocenters. The highest BCUT2D eigenvalue weighted by molar-refractivity contribution is 5.90. The van der Waals surface area contributed by atoms with E-state index in [1.54, 1.807) is 18.2 Å². The molecule has 0 saturated carbocycles. The van der Waals surface area contributed by atoms with E-state index < -0.39 is 0 Å². The first kappa shape index (κ1) is 8.84. The van der Waals surface area contributed by atoms with Crippen LogP contribution in [-0.4, -0.2) is 10.2 Å². The van der Waals surface area contributed by atoms with Crippen molar-refractivity contribution in [3.05, 3.63) is 48.1 Å². The zero-order chi connectivity index (χ0) is 11.0. The van der Waals surface area contributed by atoms with Crippen LogP contribution in [0, 0.1) is 5.21 Å². The van der Waals surface area contributed by atoms with Gasteiger partial charge in [-0.25, -0.2) is 0 Å². The molecule has 2 heterocycles. The lowest BCUT2D eigenvalue weighted by Crippen LogP contribution is -2.25. The number of benzene rings is 1. The molecule has 0 spiro atoms. The maximum absolute atomic E-state index is 11.6. The second kappa shape index (κ2) is 3.30. The lowest BCUT2D eigenvalue weighted by molar-refractivity contribution is -0.577. The Hall–Kier alpha value is -2.43. The SMILES string of the molecule is [O-][n+]1cccc2c(-c3nnco3)cccc21. The number of nitrogens with zero attached hydrogens (tertiary/aromatic N) is 3. The van der Waals surface area contributed by atoms with Gasteiger partial charge in [0.05, 0.1) is 10.9 Å². The molecule has 2 aromatic heterocycles. The van der Waals surface area contributed by atoms with Crippen LogP contribution >= 0.6 is 0 Å². The summed E-state index contributed by atoms with van der Waals surface area (Å²) in [6, 6.07) is 8.92. The smallest absolute Gasteiger partial charge is 0.248 e. The molecule has 0 saturated heterocycles. The molecular weight excluding hydrogens is 206 g/mol. The Morgan fingerprint density at radius 1 is 1.19 bits per heavy atom. The first-order valence-corrected chi connectivity index (χ1v) is 4.74. The Morgan fingerprint density at radius 3 is 2.94 bits per heavy atom. The molecule has 0 N–H and O–H groups in total. The van der Waals surface area contributed by atoms with Crippen molar-refractivity contribution in [2.75, 3.05) is 0 Å². The van der Waals surface area contributed by atoms with Crippen LogP contribution in [0.1, 0.15) is 0 Å². The van der Waals surface area contributed by atoms with E-state index in [2.05, 4.69) is 10.2 Å². The Morgan fingerprint density at radius 2 is 2.12 bits per heavy atom. The molecule has 0 bridgehead atoms. The molecular formula is C11H7N3O2. The maximum atomic E-state index is 11.6. The summed E-state index contributed by atoms with van der Waals surface area (Å²) < 4.78 is 5.95. The quantitative estimate of drug-likeness (QED) is 0.454. The first-order chi connectivity index (χ1) is 7.86. The summed E-state index contributed by atoms with van der Waals surface area (Å²) in [5.74, 6) is 0.414.